The van der Waals surface area contributed by atoms with Crippen molar-refractivity contribution >= 4 is 22.5 Å². The number of fused-ring (bicyclic) bond motifs is 1. The molecule has 2 aromatic carbocycles. The molecule has 3 heterocycles. The van der Waals surface area contributed by atoms with Gasteiger partial charge in [0, 0.05) is 54.3 Å². The average Bonchev–Trinajstić information content (AvgIpc) is 3.50. The lowest BCUT2D eigenvalue weighted by molar-refractivity contribution is 0.223. The first-order valence-corrected chi connectivity index (χ1v) is 10.7. The SMILES string of the molecule is C#Cc1cc(OC)c2nc(Nc3cc(O[C@H]4CCNC4)cc(-c4cnn(C)c4)c3)ncc2c1. The summed E-state index contributed by atoms with van der Waals surface area (Å²) < 4.78 is 13.5. The number of aromatic nitrogens is 4. The zero-order valence-electron chi connectivity index (χ0n) is 18.5. The Morgan fingerprint density at radius 3 is 2.82 bits per heavy atom. The van der Waals surface area contributed by atoms with Gasteiger partial charge in [0.25, 0.3) is 0 Å². The second-order valence-electron chi connectivity index (χ2n) is 7.96. The Kier molecular flexibility index (Phi) is 5.55. The van der Waals surface area contributed by atoms with E-state index in [0.29, 0.717) is 17.2 Å². The summed E-state index contributed by atoms with van der Waals surface area (Å²) in [6.45, 7) is 1.80. The number of aryl methyl sites for hydroxylation is 1. The number of rotatable bonds is 6. The van der Waals surface area contributed by atoms with Gasteiger partial charge in [-0.25, -0.2) is 9.97 Å². The molecule has 0 bridgehead atoms. The molecule has 8 nitrogen and oxygen atoms in total. The van der Waals surface area contributed by atoms with E-state index in [4.69, 9.17) is 15.9 Å². The number of ether oxygens (including phenoxy) is 2. The van der Waals surface area contributed by atoms with Gasteiger partial charge in [-0.2, -0.15) is 5.10 Å². The fourth-order valence-electron chi connectivity index (χ4n) is 3.94. The molecule has 5 rings (SSSR count). The molecule has 1 aliphatic rings. The van der Waals surface area contributed by atoms with Gasteiger partial charge in [-0.05, 0) is 42.8 Å². The molecule has 1 atom stereocenters. The first-order valence-electron chi connectivity index (χ1n) is 10.7. The van der Waals surface area contributed by atoms with E-state index in [2.05, 4.69) is 31.6 Å². The lowest BCUT2D eigenvalue weighted by Crippen LogP contribution is -2.19. The van der Waals surface area contributed by atoms with Gasteiger partial charge < -0.3 is 20.1 Å². The molecule has 8 heteroatoms. The molecule has 1 fully saturated rings. The summed E-state index contributed by atoms with van der Waals surface area (Å²) in [6.07, 6.45) is 12.2. The van der Waals surface area contributed by atoms with Crippen molar-refractivity contribution in [3.63, 3.8) is 0 Å². The standard InChI is InChI=1S/C25H24N6O2/c1-4-16-7-18-12-27-25(30-24(18)23(8-16)32-3)29-20-9-17(19-13-28-31(2)15-19)10-22(11-20)33-21-5-6-26-14-21/h1,7-13,15,21,26H,5-6,14H2,2-3H3,(H,27,29,30)/t21-/m0/s1. The molecule has 0 aliphatic carbocycles. The number of hydrogen-bond acceptors (Lipinski definition) is 7. The summed E-state index contributed by atoms with van der Waals surface area (Å²) in [6, 6.07) is 9.69. The third-order valence-corrected chi connectivity index (χ3v) is 5.55. The quantitative estimate of drug-likeness (QED) is 0.444. The van der Waals surface area contributed by atoms with E-state index >= 15 is 0 Å². The van der Waals surface area contributed by atoms with Crippen LogP contribution in [0.1, 0.15) is 12.0 Å². The second-order valence-corrected chi connectivity index (χ2v) is 7.96. The number of nitrogens with zero attached hydrogens (tertiary/aromatic N) is 4. The molecule has 0 spiro atoms. The Morgan fingerprint density at radius 2 is 2.09 bits per heavy atom. The second kappa shape index (κ2) is 8.81. The van der Waals surface area contributed by atoms with Crippen LogP contribution in [0.25, 0.3) is 22.0 Å². The van der Waals surface area contributed by atoms with Gasteiger partial charge in [0.2, 0.25) is 5.95 Å². The smallest absolute Gasteiger partial charge is 0.227 e. The van der Waals surface area contributed by atoms with E-state index in [0.717, 1.165) is 53.0 Å². The third-order valence-electron chi connectivity index (χ3n) is 5.55. The van der Waals surface area contributed by atoms with Crippen molar-refractivity contribution < 1.29 is 9.47 Å². The molecule has 0 unspecified atom stereocenters. The number of anilines is 2. The van der Waals surface area contributed by atoms with E-state index in [1.807, 2.05) is 43.7 Å². The molecular formula is C25H24N6O2. The minimum Gasteiger partial charge on any atom is -0.494 e. The highest BCUT2D eigenvalue weighted by Gasteiger charge is 2.17. The Balaban J connectivity index is 1.51. The van der Waals surface area contributed by atoms with Crippen LogP contribution in [0.2, 0.25) is 0 Å². The Hall–Kier alpha value is -4.09. The summed E-state index contributed by atoms with van der Waals surface area (Å²) in [5, 5.41) is 11.8. The normalized spacial score (nSPS) is 15.4. The van der Waals surface area contributed by atoms with Crippen LogP contribution in [0, 0.1) is 12.3 Å². The van der Waals surface area contributed by atoms with Crippen LogP contribution in [0.5, 0.6) is 11.5 Å². The van der Waals surface area contributed by atoms with E-state index in [1.54, 1.807) is 24.1 Å². The molecule has 33 heavy (non-hydrogen) atoms. The van der Waals surface area contributed by atoms with Crippen molar-refractivity contribution in [2.24, 2.45) is 7.05 Å². The summed E-state index contributed by atoms with van der Waals surface area (Å²) in [4.78, 5) is 9.15. The van der Waals surface area contributed by atoms with Crippen molar-refractivity contribution in [2.75, 3.05) is 25.5 Å². The maximum absolute atomic E-state index is 6.25. The van der Waals surface area contributed by atoms with Gasteiger partial charge in [0.15, 0.2) is 0 Å². The van der Waals surface area contributed by atoms with Crippen molar-refractivity contribution in [1.29, 1.82) is 0 Å². The molecule has 1 aliphatic heterocycles. The maximum atomic E-state index is 6.25. The van der Waals surface area contributed by atoms with Crippen LogP contribution in [0.3, 0.4) is 0 Å². The molecule has 4 aromatic rings. The minimum atomic E-state index is 0.147. The Morgan fingerprint density at radius 1 is 1.18 bits per heavy atom. The van der Waals surface area contributed by atoms with Gasteiger partial charge in [0.1, 0.15) is 23.1 Å². The fourth-order valence-corrected chi connectivity index (χ4v) is 3.94. The third kappa shape index (κ3) is 4.45. The predicted octanol–water partition coefficient (Wildman–Crippen LogP) is 3.50. The Bertz CT molecular complexity index is 1350. The zero-order valence-corrected chi connectivity index (χ0v) is 18.5. The number of benzene rings is 2. The average molecular weight is 441 g/mol. The topological polar surface area (TPSA) is 86.1 Å². The van der Waals surface area contributed by atoms with E-state index in [9.17, 15) is 0 Å². The molecular weight excluding hydrogens is 416 g/mol. The minimum absolute atomic E-state index is 0.147. The van der Waals surface area contributed by atoms with Gasteiger partial charge in [-0.1, -0.05) is 5.92 Å². The van der Waals surface area contributed by atoms with Crippen LogP contribution in [0.4, 0.5) is 11.6 Å². The monoisotopic (exact) mass is 440 g/mol. The molecule has 166 valence electrons. The largest absolute Gasteiger partial charge is 0.494 e. The highest BCUT2D eigenvalue weighted by atomic mass is 16.5. The van der Waals surface area contributed by atoms with Gasteiger partial charge in [-0.3, -0.25) is 4.68 Å². The van der Waals surface area contributed by atoms with E-state index in [-0.39, 0.29) is 6.10 Å². The van der Waals surface area contributed by atoms with Gasteiger partial charge >= 0.3 is 0 Å². The summed E-state index contributed by atoms with van der Waals surface area (Å²) >= 11 is 0. The highest BCUT2D eigenvalue weighted by Crippen LogP contribution is 2.32. The molecule has 0 saturated carbocycles. The van der Waals surface area contributed by atoms with E-state index < -0.39 is 0 Å². The first-order chi connectivity index (χ1) is 16.1. The van der Waals surface area contributed by atoms with Crippen molar-refractivity contribution in [2.45, 2.75) is 12.5 Å². The molecule has 0 radical (unpaired) electrons. The van der Waals surface area contributed by atoms with Crippen LogP contribution < -0.4 is 20.1 Å². The Labute approximate surface area is 192 Å². The van der Waals surface area contributed by atoms with E-state index in [1.165, 1.54) is 0 Å². The maximum Gasteiger partial charge on any atom is 0.227 e. The molecule has 1 saturated heterocycles. The van der Waals surface area contributed by atoms with Crippen LogP contribution in [-0.4, -0.2) is 46.1 Å². The predicted molar refractivity (Wildman–Crippen MR) is 128 cm³/mol. The molecule has 2 N–H and O–H groups in total. The van der Waals surface area contributed by atoms with Gasteiger partial charge in [0.05, 0.1) is 13.3 Å². The van der Waals surface area contributed by atoms with Crippen molar-refractivity contribution in [3.8, 4) is 35.0 Å². The first kappa shape index (κ1) is 20.8. The van der Waals surface area contributed by atoms with Crippen molar-refractivity contribution in [1.82, 2.24) is 25.1 Å². The summed E-state index contributed by atoms with van der Waals surface area (Å²) in [7, 11) is 3.50. The summed E-state index contributed by atoms with van der Waals surface area (Å²) in [5.74, 6) is 4.47. The molecule has 0 amide bonds. The van der Waals surface area contributed by atoms with Gasteiger partial charge in [-0.15, -0.1) is 6.42 Å². The van der Waals surface area contributed by atoms with Crippen LogP contribution in [-0.2, 0) is 7.05 Å². The lowest BCUT2D eigenvalue weighted by Gasteiger charge is -2.16. The number of hydrogen-bond donors (Lipinski definition) is 2. The number of terminal acetylenes is 1. The zero-order chi connectivity index (χ0) is 22.8. The summed E-state index contributed by atoms with van der Waals surface area (Å²) in [5.41, 5.74) is 4.21. The number of nitrogens with one attached hydrogen (secondary N) is 2. The van der Waals surface area contributed by atoms with Crippen molar-refractivity contribution in [3.05, 3.63) is 54.5 Å². The lowest BCUT2D eigenvalue weighted by atomic mass is 10.1. The van der Waals surface area contributed by atoms with Crippen LogP contribution in [0.15, 0.2) is 48.9 Å². The highest BCUT2D eigenvalue weighted by molar-refractivity contribution is 5.86. The fraction of sp³-hybridized carbons (Fsp3) is 0.240. The van der Waals surface area contributed by atoms with Crippen LogP contribution >= 0.6 is 0 Å². The molecule has 2 aromatic heterocycles. The number of methoxy groups -OCH3 is 1.